The van der Waals surface area contributed by atoms with Crippen molar-refractivity contribution in [2.45, 2.75) is 20.0 Å². The van der Waals surface area contributed by atoms with Crippen molar-refractivity contribution in [2.24, 2.45) is 0 Å². The monoisotopic (exact) mass is 252 g/mol. The molecule has 0 rings (SSSR count). The van der Waals surface area contributed by atoms with Gasteiger partial charge in [-0.15, -0.1) is 0 Å². The lowest BCUT2D eigenvalue weighted by atomic mass is 10.4. The van der Waals surface area contributed by atoms with E-state index < -0.39 is 0 Å². The number of aliphatic hydroxyl groups excluding tert-OH is 1. The van der Waals surface area contributed by atoms with Gasteiger partial charge in [-0.2, -0.15) is 0 Å². The zero-order chi connectivity index (χ0) is 13.5. The van der Waals surface area contributed by atoms with Crippen LogP contribution in [0.4, 0.5) is 0 Å². The summed E-state index contributed by atoms with van der Waals surface area (Å²) in [5, 5.41) is 8.20. The molecule has 0 aliphatic carbocycles. The van der Waals surface area contributed by atoms with E-state index in [2.05, 4.69) is 4.74 Å². The van der Waals surface area contributed by atoms with Crippen molar-refractivity contribution in [2.75, 3.05) is 47.3 Å². The largest absolute Gasteiger partial charge is 0.460 e. The van der Waals surface area contributed by atoms with E-state index in [1.807, 2.05) is 0 Å². The highest BCUT2D eigenvalue weighted by atomic mass is 16.6. The fraction of sp³-hybridized carbons (Fsp3) is 0.909. The zero-order valence-corrected chi connectivity index (χ0v) is 11.1. The predicted octanol–water partition coefficient (Wildman–Crippen LogP) is 0.226. The summed E-state index contributed by atoms with van der Waals surface area (Å²) in [6.45, 7) is 5.28. The topological polar surface area (TPSA) is 74.2 Å². The highest BCUT2D eigenvalue weighted by molar-refractivity contribution is 5.66. The summed E-state index contributed by atoms with van der Waals surface area (Å²) in [6.07, 6.45) is -0.132. The van der Waals surface area contributed by atoms with Crippen LogP contribution in [-0.4, -0.2) is 64.4 Å². The van der Waals surface area contributed by atoms with E-state index in [0.717, 1.165) is 0 Å². The molecular weight excluding hydrogens is 228 g/mol. The van der Waals surface area contributed by atoms with Crippen LogP contribution in [0.15, 0.2) is 0 Å². The molecule has 0 bridgehead atoms. The third kappa shape index (κ3) is 21.2. The number of esters is 1. The van der Waals surface area contributed by atoms with Gasteiger partial charge < -0.3 is 24.1 Å². The van der Waals surface area contributed by atoms with Gasteiger partial charge >= 0.3 is 5.97 Å². The quantitative estimate of drug-likeness (QED) is 0.492. The van der Waals surface area contributed by atoms with Gasteiger partial charge in [0.1, 0.15) is 6.10 Å². The van der Waals surface area contributed by atoms with Gasteiger partial charge in [0.15, 0.2) is 0 Å². The molecule has 0 radical (unpaired) electrons. The Hall–Kier alpha value is -0.690. The molecular formula is C11H24O6. The minimum atomic E-state index is -0.264. The molecule has 0 saturated heterocycles. The Morgan fingerprint density at radius 2 is 1.82 bits per heavy atom. The number of carbonyl (C=O) groups excluding carboxylic acids is 1. The molecule has 0 aromatic rings. The summed E-state index contributed by atoms with van der Waals surface area (Å²) in [7, 11) is 3.18. The molecule has 6 nitrogen and oxygen atoms in total. The zero-order valence-electron chi connectivity index (χ0n) is 11.1. The second-order valence-corrected chi connectivity index (χ2v) is 3.20. The van der Waals surface area contributed by atoms with Crippen LogP contribution < -0.4 is 0 Å². The smallest absolute Gasteiger partial charge is 0.302 e. The first-order valence-corrected chi connectivity index (χ1v) is 5.42. The first kappa shape index (κ1) is 18.7. The Morgan fingerprint density at radius 3 is 2.24 bits per heavy atom. The Bertz CT molecular complexity index is 156. The number of rotatable bonds is 8. The minimum absolute atomic E-state index is 0.0870. The van der Waals surface area contributed by atoms with Gasteiger partial charge in [-0.1, -0.05) is 0 Å². The van der Waals surface area contributed by atoms with Crippen molar-refractivity contribution < 1.29 is 28.8 Å². The van der Waals surface area contributed by atoms with E-state index in [1.54, 1.807) is 21.1 Å². The standard InChI is InChI=1S/C6H12O3.C5H12O3/c1-5(4-8-3)9-6(2)7;1-7-4-5-8-3-2-6/h5H,4H2,1-3H3;6H,2-5H2,1H3. The van der Waals surface area contributed by atoms with Crippen LogP contribution in [0, 0.1) is 0 Å². The maximum absolute atomic E-state index is 10.3. The molecule has 0 fully saturated rings. The van der Waals surface area contributed by atoms with E-state index in [-0.39, 0.29) is 18.7 Å². The molecule has 0 amide bonds. The van der Waals surface area contributed by atoms with Crippen LogP contribution in [0.2, 0.25) is 0 Å². The Labute approximate surface area is 103 Å². The Morgan fingerprint density at radius 1 is 1.18 bits per heavy atom. The van der Waals surface area contributed by atoms with E-state index >= 15 is 0 Å². The predicted molar refractivity (Wildman–Crippen MR) is 62.9 cm³/mol. The summed E-state index contributed by atoms with van der Waals surface area (Å²) in [5.41, 5.74) is 0. The number of aliphatic hydroxyl groups is 1. The van der Waals surface area contributed by atoms with E-state index in [9.17, 15) is 4.79 Å². The summed E-state index contributed by atoms with van der Waals surface area (Å²) in [5.74, 6) is -0.264. The number of methoxy groups -OCH3 is 2. The lowest BCUT2D eigenvalue weighted by Crippen LogP contribution is -2.17. The van der Waals surface area contributed by atoms with Gasteiger partial charge in [-0.05, 0) is 6.92 Å². The average Bonchev–Trinajstić information content (AvgIpc) is 2.25. The van der Waals surface area contributed by atoms with Gasteiger partial charge in [0.2, 0.25) is 0 Å². The molecule has 0 aromatic carbocycles. The molecule has 0 aliphatic heterocycles. The van der Waals surface area contributed by atoms with Gasteiger partial charge in [-0.3, -0.25) is 4.79 Å². The molecule has 0 aliphatic rings. The van der Waals surface area contributed by atoms with Gasteiger partial charge in [0.05, 0.1) is 33.0 Å². The molecule has 6 heteroatoms. The van der Waals surface area contributed by atoms with Crippen molar-refractivity contribution in [1.82, 2.24) is 0 Å². The minimum Gasteiger partial charge on any atom is -0.460 e. The number of ether oxygens (including phenoxy) is 4. The van der Waals surface area contributed by atoms with E-state index in [1.165, 1.54) is 6.92 Å². The molecule has 0 spiro atoms. The summed E-state index contributed by atoms with van der Waals surface area (Å²) in [4.78, 5) is 10.3. The number of hydrogen-bond donors (Lipinski definition) is 1. The van der Waals surface area contributed by atoms with Crippen LogP contribution >= 0.6 is 0 Å². The van der Waals surface area contributed by atoms with Crippen molar-refractivity contribution in [3.8, 4) is 0 Å². The van der Waals surface area contributed by atoms with Crippen LogP contribution in [0.3, 0.4) is 0 Å². The average molecular weight is 252 g/mol. The van der Waals surface area contributed by atoms with Crippen LogP contribution in [0.5, 0.6) is 0 Å². The Balaban J connectivity index is 0. The third-order valence-electron chi connectivity index (χ3n) is 1.44. The second-order valence-electron chi connectivity index (χ2n) is 3.20. The molecule has 1 atom stereocenters. The maximum Gasteiger partial charge on any atom is 0.302 e. The fourth-order valence-electron chi connectivity index (χ4n) is 0.861. The molecule has 1 N–H and O–H groups in total. The summed E-state index contributed by atoms with van der Waals surface area (Å²) >= 11 is 0. The van der Waals surface area contributed by atoms with Crippen molar-refractivity contribution >= 4 is 5.97 Å². The molecule has 0 heterocycles. The van der Waals surface area contributed by atoms with E-state index in [4.69, 9.17) is 19.3 Å². The SMILES string of the molecule is COCC(C)OC(C)=O.COCCOCCO. The summed E-state index contributed by atoms with van der Waals surface area (Å²) < 4.78 is 19.0. The number of hydrogen-bond acceptors (Lipinski definition) is 6. The van der Waals surface area contributed by atoms with Gasteiger partial charge in [-0.25, -0.2) is 0 Å². The van der Waals surface area contributed by atoms with Crippen LogP contribution in [0.25, 0.3) is 0 Å². The normalized spacial score (nSPS) is 11.4. The molecule has 0 aromatic heterocycles. The molecule has 1 unspecified atom stereocenters. The lowest BCUT2D eigenvalue weighted by Gasteiger charge is -2.08. The van der Waals surface area contributed by atoms with Crippen molar-refractivity contribution in [3.05, 3.63) is 0 Å². The molecule has 104 valence electrons. The maximum atomic E-state index is 10.3. The van der Waals surface area contributed by atoms with Crippen molar-refractivity contribution in [1.29, 1.82) is 0 Å². The van der Waals surface area contributed by atoms with Crippen molar-refractivity contribution in [3.63, 3.8) is 0 Å². The molecule has 17 heavy (non-hydrogen) atoms. The van der Waals surface area contributed by atoms with Crippen LogP contribution in [-0.2, 0) is 23.7 Å². The summed E-state index contributed by atoms with van der Waals surface area (Å²) in [6, 6.07) is 0. The molecule has 0 saturated carbocycles. The highest BCUT2D eigenvalue weighted by Crippen LogP contribution is 1.90. The first-order valence-electron chi connectivity index (χ1n) is 5.42. The fourth-order valence-corrected chi connectivity index (χ4v) is 0.861. The third-order valence-corrected chi connectivity index (χ3v) is 1.44. The van der Waals surface area contributed by atoms with Gasteiger partial charge in [0, 0.05) is 21.1 Å². The van der Waals surface area contributed by atoms with Gasteiger partial charge in [0.25, 0.3) is 0 Å². The first-order chi connectivity index (χ1) is 8.08. The van der Waals surface area contributed by atoms with Crippen LogP contribution in [0.1, 0.15) is 13.8 Å². The van der Waals surface area contributed by atoms with E-state index in [0.29, 0.717) is 26.4 Å². The Kier molecular flexibility index (Phi) is 16.8. The highest BCUT2D eigenvalue weighted by Gasteiger charge is 2.02. The number of carbonyl (C=O) groups is 1. The second kappa shape index (κ2) is 15.3. The lowest BCUT2D eigenvalue weighted by molar-refractivity contribution is -0.147.